The Morgan fingerprint density at radius 2 is 2.14 bits per heavy atom. The van der Waals surface area contributed by atoms with Crippen LogP contribution < -0.4 is 10.1 Å². The summed E-state index contributed by atoms with van der Waals surface area (Å²) in [5, 5.41) is 15.6. The van der Waals surface area contributed by atoms with E-state index in [0.29, 0.717) is 17.1 Å². The Morgan fingerprint density at radius 1 is 1.41 bits per heavy atom. The number of aliphatic hydroxyl groups excluding tert-OH is 1. The maximum Gasteiger partial charge on any atom is 0.255 e. The molecule has 2 rings (SSSR count). The Labute approximate surface area is 129 Å². The Balaban J connectivity index is 2.13. The number of ether oxygens (including phenoxy) is 1. The molecule has 1 amide bonds. The van der Waals surface area contributed by atoms with E-state index in [2.05, 4.69) is 10.5 Å². The number of carbonyl (C=O) groups excluding carboxylic acids is 1. The van der Waals surface area contributed by atoms with Crippen LogP contribution in [0.15, 0.2) is 28.8 Å². The van der Waals surface area contributed by atoms with Crippen LogP contribution in [0.1, 0.15) is 34.3 Å². The first kappa shape index (κ1) is 16.0. The van der Waals surface area contributed by atoms with Crippen molar-refractivity contribution in [2.24, 2.45) is 0 Å². The Kier molecular flexibility index (Phi) is 5.16. The van der Waals surface area contributed by atoms with Gasteiger partial charge in [0.1, 0.15) is 18.1 Å². The molecule has 1 unspecified atom stereocenters. The molecule has 0 spiro atoms. The summed E-state index contributed by atoms with van der Waals surface area (Å²) < 4.78 is 10.8. The van der Waals surface area contributed by atoms with Crippen molar-refractivity contribution in [1.82, 2.24) is 10.5 Å². The molecule has 1 atom stereocenters. The molecule has 0 fully saturated rings. The number of nitrogens with zero attached hydrogens (tertiary/aromatic N) is 1. The van der Waals surface area contributed by atoms with Crippen LogP contribution in [0.3, 0.4) is 0 Å². The van der Waals surface area contributed by atoms with Crippen LogP contribution in [0.25, 0.3) is 0 Å². The predicted octanol–water partition coefficient (Wildman–Crippen LogP) is 1.98. The summed E-state index contributed by atoms with van der Waals surface area (Å²) in [4.78, 5) is 12.2. The predicted molar refractivity (Wildman–Crippen MR) is 80.8 cm³/mol. The van der Waals surface area contributed by atoms with Gasteiger partial charge in [0.25, 0.3) is 5.91 Å². The fourth-order valence-corrected chi connectivity index (χ4v) is 1.99. The Hall–Kier alpha value is -2.34. The smallest absolute Gasteiger partial charge is 0.255 e. The molecule has 0 bridgehead atoms. The molecule has 0 aliphatic carbocycles. The van der Waals surface area contributed by atoms with Gasteiger partial charge < -0.3 is 19.7 Å². The van der Waals surface area contributed by atoms with E-state index in [4.69, 9.17) is 14.4 Å². The fraction of sp³-hybridized carbons (Fsp3) is 0.375. The van der Waals surface area contributed by atoms with Crippen molar-refractivity contribution in [2.45, 2.75) is 33.4 Å². The van der Waals surface area contributed by atoms with Crippen molar-refractivity contribution in [1.29, 1.82) is 0 Å². The zero-order valence-corrected chi connectivity index (χ0v) is 12.9. The third kappa shape index (κ3) is 3.65. The van der Waals surface area contributed by atoms with Gasteiger partial charge in [-0.1, -0.05) is 17.3 Å². The minimum atomic E-state index is -0.317. The Bertz CT molecular complexity index is 632. The number of carbonyl (C=O) groups is 1. The minimum Gasteiger partial charge on any atom is -0.488 e. The van der Waals surface area contributed by atoms with Gasteiger partial charge in [-0.3, -0.25) is 4.79 Å². The number of amides is 1. The van der Waals surface area contributed by atoms with Crippen molar-refractivity contribution in [3.05, 3.63) is 46.8 Å². The molecule has 0 aliphatic heterocycles. The number of rotatable bonds is 6. The highest BCUT2D eigenvalue weighted by molar-refractivity contribution is 5.97. The van der Waals surface area contributed by atoms with Gasteiger partial charge in [0.2, 0.25) is 0 Å². The van der Waals surface area contributed by atoms with Gasteiger partial charge in [-0.05, 0) is 32.9 Å². The second-order valence-corrected chi connectivity index (χ2v) is 5.14. The zero-order chi connectivity index (χ0) is 16.1. The van der Waals surface area contributed by atoms with Crippen molar-refractivity contribution >= 4 is 5.91 Å². The first-order valence-electron chi connectivity index (χ1n) is 7.08. The van der Waals surface area contributed by atoms with Crippen LogP contribution in [0.5, 0.6) is 5.75 Å². The molecule has 118 valence electrons. The molecule has 0 aliphatic rings. The molecule has 1 heterocycles. The van der Waals surface area contributed by atoms with E-state index in [-0.39, 0.29) is 25.2 Å². The van der Waals surface area contributed by atoms with E-state index in [1.165, 1.54) is 0 Å². The third-order valence-electron chi connectivity index (χ3n) is 3.34. The van der Waals surface area contributed by atoms with E-state index >= 15 is 0 Å². The number of benzene rings is 1. The number of hydrogen-bond acceptors (Lipinski definition) is 5. The van der Waals surface area contributed by atoms with Crippen LogP contribution in [0, 0.1) is 13.8 Å². The summed E-state index contributed by atoms with van der Waals surface area (Å²) in [6.45, 7) is 5.55. The third-order valence-corrected chi connectivity index (χ3v) is 3.34. The Morgan fingerprint density at radius 3 is 2.77 bits per heavy atom. The van der Waals surface area contributed by atoms with Crippen LogP contribution >= 0.6 is 0 Å². The quantitative estimate of drug-likeness (QED) is 0.852. The molecule has 1 aromatic carbocycles. The molecule has 22 heavy (non-hydrogen) atoms. The molecular formula is C16H20N2O4. The first-order chi connectivity index (χ1) is 10.5. The van der Waals surface area contributed by atoms with Crippen LogP contribution in [-0.2, 0) is 6.61 Å². The summed E-state index contributed by atoms with van der Waals surface area (Å²) in [6.07, 6.45) is 0. The summed E-state index contributed by atoms with van der Waals surface area (Å²) in [5.41, 5.74) is 2.07. The van der Waals surface area contributed by atoms with Crippen LogP contribution in [-0.4, -0.2) is 28.8 Å². The number of hydrogen-bond donors (Lipinski definition) is 2. The number of para-hydroxylation sites is 1. The largest absolute Gasteiger partial charge is 0.488 e. The zero-order valence-electron chi connectivity index (χ0n) is 12.9. The molecule has 6 nitrogen and oxygen atoms in total. The second kappa shape index (κ2) is 7.09. The maximum absolute atomic E-state index is 12.2. The molecule has 2 N–H and O–H groups in total. The van der Waals surface area contributed by atoms with E-state index in [1.807, 2.05) is 13.8 Å². The molecule has 0 saturated heterocycles. The van der Waals surface area contributed by atoms with Gasteiger partial charge in [-0.2, -0.15) is 0 Å². The van der Waals surface area contributed by atoms with Crippen molar-refractivity contribution < 1.29 is 19.2 Å². The number of aryl methyl sites for hydroxylation is 2. The average Bonchev–Trinajstić information content (AvgIpc) is 2.84. The molecule has 2 aromatic rings. The SMILES string of the molecule is Cc1noc(C)c1COc1ccccc1C(=O)NC(C)CO. The number of nitrogens with one attached hydrogen (secondary N) is 1. The van der Waals surface area contributed by atoms with E-state index in [0.717, 1.165) is 11.3 Å². The lowest BCUT2D eigenvalue weighted by atomic mass is 10.1. The number of aromatic nitrogens is 1. The van der Waals surface area contributed by atoms with Crippen LogP contribution in [0.2, 0.25) is 0 Å². The molecule has 1 aromatic heterocycles. The highest BCUT2D eigenvalue weighted by atomic mass is 16.5. The minimum absolute atomic E-state index is 0.117. The van der Waals surface area contributed by atoms with Crippen molar-refractivity contribution in [2.75, 3.05) is 6.61 Å². The lowest BCUT2D eigenvalue weighted by Crippen LogP contribution is -2.35. The van der Waals surface area contributed by atoms with Gasteiger partial charge in [0.05, 0.1) is 23.4 Å². The van der Waals surface area contributed by atoms with Gasteiger partial charge in [0.15, 0.2) is 0 Å². The van der Waals surface area contributed by atoms with E-state index in [9.17, 15) is 4.79 Å². The standard InChI is InChI=1S/C16H20N2O4/c1-10(8-19)17-16(20)13-6-4-5-7-15(13)21-9-14-11(2)18-22-12(14)3/h4-7,10,19H,8-9H2,1-3H3,(H,17,20). The molecule has 0 saturated carbocycles. The van der Waals surface area contributed by atoms with Gasteiger partial charge >= 0.3 is 0 Å². The average molecular weight is 304 g/mol. The monoisotopic (exact) mass is 304 g/mol. The van der Waals surface area contributed by atoms with Crippen molar-refractivity contribution in [3.63, 3.8) is 0 Å². The lowest BCUT2D eigenvalue weighted by molar-refractivity contribution is 0.0918. The topological polar surface area (TPSA) is 84.6 Å². The summed E-state index contributed by atoms with van der Waals surface area (Å²) in [6, 6.07) is 6.66. The van der Waals surface area contributed by atoms with Gasteiger partial charge in [-0.15, -0.1) is 0 Å². The first-order valence-corrected chi connectivity index (χ1v) is 7.08. The van der Waals surface area contributed by atoms with E-state index < -0.39 is 0 Å². The molecule has 0 radical (unpaired) electrons. The highest BCUT2D eigenvalue weighted by Gasteiger charge is 2.16. The van der Waals surface area contributed by atoms with Crippen molar-refractivity contribution in [3.8, 4) is 5.75 Å². The van der Waals surface area contributed by atoms with Crippen LogP contribution in [0.4, 0.5) is 0 Å². The molecular weight excluding hydrogens is 284 g/mol. The fourth-order valence-electron chi connectivity index (χ4n) is 1.99. The maximum atomic E-state index is 12.2. The van der Waals surface area contributed by atoms with E-state index in [1.54, 1.807) is 31.2 Å². The summed E-state index contributed by atoms with van der Waals surface area (Å²) in [5.74, 6) is 0.898. The molecule has 6 heteroatoms. The van der Waals surface area contributed by atoms with Gasteiger partial charge in [0, 0.05) is 6.04 Å². The number of aliphatic hydroxyl groups is 1. The lowest BCUT2D eigenvalue weighted by Gasteiger charge is -2.14. The normalized spacial score (nSPS) is 12.0. The highest BCUT2D eigenvalue weighted by Crippen LogP contribution is 2.21. The second-order valence-electron chi connectivity index (χ2n) is 5.14. The summed E-state index contributed by atoms with van der Waals surface area (Å²) >= 11 is 0. The van der Waals surface area contributed by atoms with Gasteiger partial charge in [-0.25, -0.2) is 0 Å². The summed E-state index contributed by atoms with van der Waals surface area (Å²) in [7, 11) is 0.